The second kappa shape index (κ2) is 5.10. The number of nitrogens with one attached hydrogen (secondary N) is 1. The van der Waals surface area contributed by atoms with Crippen LogP contribution in [0.4, 0.5) is 11.8 Å². The van der Waals surface area contributed by atoms with Crippen molar-refractivity contribution in [2.75, 3.05) is 23.3 Å². The van der Waals surface area contributed by atoms with Gasteiger partial charge < -0.3 is 16.0 Å². The molecule has 1 aliphatic carbocycles. The van der Waals surface area contributed by atoms with Gasteiger partial charge in [-0.1, -0.05) is 12.8 Å². The van der Waals surface area contributed by atoms with E-state index in [1.54, 1.807) is 0 Å². The van der Waals surface area contributed by atoms with E-state index in [1.807, 2.05) is 12.3 Å². The minimum Gasteiger partial charge on any atom is -0.355 e. The Morgan fingerprint density at radius 3 is 2.83 bits per heavy atom. The van der Waals surface area contributed by atoms with Crippen LogP contribution in [0.15, 0.2) is 12.3 Å². The van der Waals surface area contributed by atoms with Crippen molar-refractivity contribution in [3.05, 3.63) is 12.3 Å². The molecular weight excluding hydrogens is 226 g/mol. The molecule has 0 unspecified atom stereocenters. The van der Waals surface area contributed by atoms with Gasteiger partial charge in [-0.15, -0.1) is 0 Å². The van der Waals surface area contributed by atoms with Gasteiger partial charge in [0, 0.05) is 31.4 Å². The van der Waals surface area contributed by atoms with Gasteiger partial charge >= 0.3 is 0 Å². The summed E-state index contributed by atoms with van der Waals surface area (Å²) in [5, 5.41) is 3.44. The number of nitrogens with two attached hydrogens (primary N) is 1. The van der Waals surface area contributed by atoms with Crippen LogP contribution in [0, 0.1) is 0 Å². The van der Waals surface area contributed by atoms with Crippen molar-refractivity contribution in [2.24, 2.45) is 5.73 Å². The van der Waals surface area contributed by atoms with E-state index in [0.29, 0.717) is 6.04 Å². The maximum atomic E-state index is 5.93. The Kier molecular flexibility index (Phi) is 3.32. The number of hydrogen-bond acceptors (Lipinski definition) is 5. The molecule has 1 saturated carbocycles. The molecule has 5 nitrogen and oxygen atoms in total. The molecule has 3 N–H and O–H groups in total. The number of nitrogens with zero attached hydrogens (tertiary/aromatic N) is 3. The Morgan fingerprint density at radius 1 is 1.28 bits per heavy atom. The van der Waals surface area contributed by atoms with Gasteiger partial charge in [-0.25, -0.2) is 4.98 Å². The SMILES string of the molecule is N[C@H]1CCN(c2ccnc(NC3CCCC3)n2)C1. The summed E-state index contributed by atoms with van der Waals surface area (Å²) in [4.78, 5) is 11.2. The van der Waals surface area contributed by atoms with E-state index >= 15 is 0 Å². The largest absolute Gasteiger partial charge is 0.355 e. The van der Waals surface area contributed by atoms with E-state index in [9.17, 15) is 0 Å². The van der Waals surface area contributed by atoms with Gasteiger partial charge in [0.05, 0.1) is 0 Å². The lowest BCUT2D eigenvalue weighted by Gasteiger charge is -2.18. The van der Waals surface area contributed by atoms with Crippen LogP contribution in [0.25, 0.3) is 0 Å². The standard InChI is InChI=1S/C13H21N5/c14-10-6-8-18(9-10)12-5-7-15-13(17-12)16-11-3-1-2-4-11/h5,7,10-11H,1-4,6,8-9,14H2,(H,15,16,17)/t10-/m0/s1. The second-order valence-corrected chi connectivity index (χ2v) is 5.36. The molecule has 1 aromatic heterocycles. The van der Waals surface area contributed by atoms with Crippen molar-refractivity contribution in [1.82, 2.24) is 9.97 Å². The van der Waals surface area contributed by atoms with Gasteiger partial charge in [0.1, 0.15) is 5.82 Å². The lowest BCUT2D eigenvalue weighted by molar-refractivity contribution is 0.741. The summed E-state index contributed by atoms with van der Waals surface area (Å²) in [6.07, 6.45) is 8.00. The Morgan fingerprint density at radius 2 is 2.11 bits per heavy atom. The summed E-state index contributed by atoms with van der Waals surface area (Å²) >= 11 is 0. The molecule has 98 valence electrons. The van der Waals surface area contributed by atoms with Crippen molar-refractivity contribution >= 4 is 11.8 Å². The predicted octanol–water partition coefficient (Wildman–Crippen LogP) is 1.37. The summed E-state index contributed by atoms with van der Waals surface area (Å²) in [5.41, 5.74) is 5.93. The van der Waals surface area contributed by atoms with E-state index in [0.717, 1.165) is 31.3 Å². The van der Waals surface area contributed by atoms with Crippen LogP contribution in [0.1, 0.15) is 32.1 Å². The summed E-state index contributed by atoms with van der Waals surface area (Å²) in [6, 6.07) is 2.81. The number of hydrogen-bond donors (Lipinski definition) is 2. The molecule has 1 atom stereocenters. The third-order valence-corrected chi connectivity index (χ3v) is 3.88. The summed E-state index contributed by atoms with van der Waals surface area (Å²) < 4.78 is 0. The Balaban J connectivity index is 1.68. The Bertz CT molecular complexity index is 402. The monoisotopic (exact) mass is 247 g/mol. The highest BCUT2D eigenvalue weighted by atomic mass is 15.2. The third-order valence-electron chi connectivity index (χ3n) is 3.88. The van der Waals surface area contributed by atoms with Crippen LogP contribution in [-0.4, -0.2) is 35.1 Å². The van der Waals surface area contributed by atoms with Crippen LogP contribution >= 0.6 is 0 Å². The smallest absolute Gasteiger partial charge is 0.224 e. The Hall–Kier alpha value is -1.36. The fourth-order valence-corrected chi connectivity index (χ4v) is 2.84. The molecule has 0 aromatic carbocycles. The average molecular weight is 247 g/mol. The molecule has 18 heavy (non-hydrogen) atoms. The van der Waals surface area contributed by atoms with Gasteiger partial charge in [0.2, 0.25) is 5.95 Å². The van der Waals surface area contributed by atoms with E-state index in [4.69, 9.17) is 5.73 Å². The van der Waals surface area contributed by atoms with Crippen molar-refractivity contribution in [2.45, 2.75) is 44.2 Å². The first-order chi connectivity index (χ1) is 8.81. The van der Waals surface area contributed by atoms with Gasteiger partial charge in [-0.3, -0.25) is 0 Å². The molecular formula is C13H21N5. The fourth-order valence-electron chi connectivity index (χ4n) is 2.84. The molecule has 0 radical (unpaired) electrons. The fraction of sp³-hybridized carbons (Fsp3) is 0.692. The number of aromatic nitrogens is 2. The van der Waals surface area contributed by atoms with Gasteiger partial charge in [-0.05, 0) is 25.3 Å². The molecule has 2 fully saturated rings. The molecule has 2 aliphatic rings. The maximum Gasteiger partial charge on any atom is 0.224 e. The van der Waals surface area contributed by atoms with Gasteiger partial charge in [0.15, 0.2) is 0 Å². The van der Waals surface area contributed by atoms with Crippen LogP contribution in [0.2, 0.25) is 0 Å². The quantitative estimate of drug-likeness (QED) is 0.844. The first-order valence-corrected chi connectivity index (χ1v) is 6.91. The molecule has 5 heteroatoms. The minimum absolute atomic E-state index is 0.284. The van der Waals surface area contributed by atoms with Crippen LogP contribution < -0.4 is 16.0 Å². The number of anilines is 2. The molecule has 0 amide bonds. The zero-order valence-corrected chi connectivity index (χ0v) is 10.7. The number of rotatable bonds is 3. The van der Waals surface area contributed by atoms with Crippen molar-refractivity contribution in [3.8, 4) is 0 Å². The summed E-state index contributed by atoms with van der Waals surface area (Å²) in [6.45, 7) is 1.90. The lowest BCUT2D eigenvalue weighted by atomic mass is 10.2. The van der Waals surface area contributed by atoms with Crippen molar-refractivity contribution in [1.29, 1.82) is 0 Å². The highest BCUT2D eigenvalue weighted by Gasteiger charge is 2.21. The van der Waals surface area contributed by atoms with E-state index in [2.05, 4.69) is 20.2 Å². The topological polar surface area (TPSA) is 67.1 Å². The van der Waals surface area contributed by atoms with E-state index in [1.165, 1.54) is 25.7 Å². The molecule has 1 aromatic rings. The first-order valence-electron chi connectivity index (χ1n) is 6.91. The highest BCUT2D eigenvalue weighted by Crippen LogP contribution is 2.22. The van der Waals surface area contributed by atoms with E-state index < -0.39 is 0 Å². The molecule has 0 spiro atoms. The molecule has 1 saturated heterocycles. The van der Waals surface area contributed by atoms with Crippen molar-refractivity contribution in [3.63, 3.8) is 0 Å². The highest BCUT2D eigenvalue weighted by molar-refractivity contribution is 5.44. The van der Waals surface area contributed by atoms with E-state index in [-0.39, 0.29) is 6.04 Å². The molecule has 2 heterocycles. The normalized spacial score (nSPS) is 24.7. The van der Waals surface area contributed by atoms with Crippen LogP contribution in [0.3, 0.4) is 0 Å². The zero-order valence-electron chi connectivity index (χ0n) is 10.7. The van der Waals surface area contributed by atoms with Gasteiger partial charge in [0.25, 0.3) is 0 Å². The van der Waals surface area contributed by atoms with Crippen LogP contribution in [-0.2, 0) is 0 Å². The molecule has 1 aliphatic heterocycles. The average Bonchev–Trinajstić information content (AvgIpc) is 3.01. The molecule has 3 rings (SSSR count). The lowest BCUT2D eigenvalue weighted by Crippen LogP contribution is -2.27. The third kappa shape index (κ3) is 2.56. The second-order valence-electron chi connectivity index (χ2n) is 5.36. The summed E-state index contributed by atoms with van der Waals surface area (Å²) in [7, 11) is 0. The molecule has 0 bridgehead atoms. The predicted molar refractivity (Wildman–Crippen MR) is 72.7 cm³/mol. The maximum absolute atomic E-state index is 5.93. The van der Waals surface area contributed by atoms with Gasteiger partial charge in [-0.2, -0.15) is 4.98 Å². The van der Waals surface area contributed by atoms with Crippen LogP contribution in [0.5, 0.6) is 0 Å². The Labute approximate surface area is 108 Å². The summed E-state index contributed by atoms with van der Waals surface area (Å²) in [5.74, 6) is 1.76. The van der Waals surface area contributed by atoms with Crippen molar-refractivity contribution < 1.29 is 0 Å². The first kappa shape index (κ1) is 11.7. The minimum atomic E-state index is 0.284. The zero-order chi connectivity index (χ0) is 12.4.